The van der Waals surface area contributed by atoms with E-state index >= 15 is 0 Å². The maximum atomic E-state index is 4.26. The molecule has 0 fully saturated rings. The molecule has 1 aromatic rings. The van der Waals surface area contributed by atoms with Crippen molar-refractivity contribution in [2.75, 3.05) is 34.2 Å². The van der Waals surface area contributed by atoms with Crippen molar-refractivity contribution in [3.05, 3.63) is 35.9 Å². The van der Waals surface area contributed by atoms with Crippen LogP contribution in [0.3, 0.4) is 0 Å². The second-order valence-electron chi connectivity index (χ2n) is 5.91. The third-order valence-electron chi connectivity index (χ3n) is 3.60. The molecule has 0 saturated heterocycles. The van der Waals surface area contributed by atoms with Crippen LogP contribution in [-0.4, -0.2) is 45.1 Å². The average Bonchev–Trinajstić information content (AvgIpc) is 2.53. The first-order chi connectivity index (χ1) is 10.7. The number of hydrogen-bond acceptors (Lipinski definition) is 2. The minimum absolute atomic E-state index is 0. The van der Waals surface area contributed by atoms with Gasteiger partial charge in [0.25, 0.3) is 0 Å². The van der Waals surface area contributed by atoms with Crippen LogP contribution in [-0.2, 0) is 6.54 Å². The van der Waals surface area contributed by atoms with E-state index in [0.717, 1.165) is 19.0 Å². The maximum Gasteiger partial charge on any atom is 0.191 e. The Hall–Kier alpha value is -0.820. The lowest BCUT2D eigenvalue weighted by Gasteiger charge is -2.12. The number of hydrogen-bond donors (Lipinski definition) is 2. The fraction of sp³-hybridized carbons (Fsp3) is 0.611. The fourth-order valence-corrected chi connectivity index (χ4v) is 2.29. The quantitative estimate of drug-likeness (QED) is 0.257. The van der Waals surface area contributed by atoms with Crippen LogP contribution in [0.2, 0.25) is 0 Å². The van der Waals surface area contributed by atoms with Gasteiger partial charge in [-0.3, -0.25) is 4.99 Å². The van der Waals surface area contributed by atoms with E-state index < -0.39 is 0 Å². The van der Waals surface area contributed by atoms with E-state index in [1.54, 1.807) is 0 Å². The van der Waals surface area contributed by atoms with Crippen LogP contribution in [0.25, 0.3) is 0 Å². The molecule has 0 unspecified atom stereocenters. The highest BCUT2D eigenvalue weighted by Gasteiger charge is 1.98. The third-order valence-corrected chi connectivity index (χ3v) is 3.60. The summed E-state index contributed by atoms with van der Waals surface area (Å²) in [6, 6.07) is 10.4. The van der Waals surface area contributed by atoms with Gasteiger partial charge in [0.1, 0.15) is 0 Å². The predicted molar refractivity (Wildman–Crippen MR) is 112 cm³/mol. The molecule has 0 amide bonds. The van der Waals surface area contributed by atoms with Crippen molar-refractivity contribution in [3.63, 3.8) is 0 Å². The van der Waals surface area contributed by atoms with Crippen LogP contribution in [0, 0.1) is 0 Å². The number of benzene rings is 1. The largest absolute Gasteiger partial charge is 0.356 e. The molecular weight excluding hydrogens is 399 g/mol. The SMILES string of the molecule is CN=C(NCCCCCCCN(C)C)NCc1ccccc1.I. The highest BCUT2D eigenvalue weighted by Crippen LogP contribution is 2.02. The predicted octanol–water partition coefficient (Wildman–Crippen LogP) is 3.48. The van der Waals surface area contributed by atoms with E-state index in [-0.39, 0.29) is 24.0 Å². The molecule has 0 radical (unpaired) electrons. The Bertz CT molecular complexity index is 407. The Morgan fingerprint density at radius 2 is 1.61 bits per heavy atom. The Morgan fingerprint density at radius 3 is 2.26 bits per heavy atom. The van der Waals surface area contributed by atoms with Gasteiger partial charge in [0.05, 0.1) is 0 Å². The highest BCUT2D eigenvalue weighted by atomic mass is 127. The highest BCUT2D eigenvalue weighted by molar-refractivity contribution is 14.0. The Labute approximate surface area is 159 Å². The van der Waals surface area contributed by atoms with Gasteiger partial charge < -0.3 is 15.5 Å². The Morgan fingerprint density at radius 1 is 0.957 bits per heavy atom. The normalized spacial score (nSPS) is 11.2. The first kappa shape index (κ1) is 22.2. The van der Waals surface area contributed by atoms with Crippen molar-refractivity contribution in [3.8, 4) is 0 Å². The monoisotopic (exact) mass is 432 g/mol. The molecule has 132 valence electrons. The second kappa shape index (κ2) is 14.8. The van der Waals surface area contributed by atoms with Gasteiger partial charge in [0, 0.05) is 20.1 Å². The van der Waals surface area contributed by atoms with Crippen molar-refractivity contribution in [1.82, 2.24) is 15.5 Å². The zero-order valence-corrected chi connectivity index (χ0v) is 17.2. The molecule has 1 rings (SSSR count). The zero-order chi connectivity index (χ0) is 16.0. The molecular formula is C18H33IN4. The summed E-state index contributed by atoms with van der Waals surface area (Å²) in [6.07, 6.45) is 6.45. The van der Waals surface area contributed by atoms with Crippen LogP contribution >= 0.6 is 24.0 Å². The van der Waals surface area contributed by atoms with Gasteiger partial charge in [-0.05, 0) is 39.0 Å². The lowest BCUT2D eigenvalue weighted by molar-refractivity contribution is 0.389. The van der Waals surface area contributed by atoms with Crippen molar-refractivity contribution < 1.29 is 0 Å². The van der Waals surface area contributed by atoms with Gasteiger partial charge >= 0.3 is 0 Å². The summed E-state index contributed by atoms with van der Waals surface area (Å²) < 4.78 is 0. The number of rotatable bonds is 10. The molecule has 4 nitrogen and oxygen atoms in total. The van der Waals surface area contributed by atoms with Crippen molar-refractivity contribution in [2.24, 2.45) is 4.99 Å². The number of guanidine groups is 1. The fourth-order valence-electron chi connectivity index (χ4n) is 2.29. The number of halogens is 1. The van der Waals surface area contributed by atoms with E-state index in [1.807, 2.05) is 13.1 Å². The molecule has 0 saturated carbocycles. The summed E-state index contributed by atoms with van der Waals surface area (Å²) in [5.41, 5.74) is 1.27. The van der Waals surface area contributed by atoms with Crippen LogP contribution < -0.4 is 10.6 Å². The summed E-state index contributed by atoms with van der Waals surface area (Å²) in [5.74, 6) is 0.886. The minimum Gasteiger partial charge on any atom is -0.356 e. The zero-order valence-electron chi connectivity index (χ0n) is 14.8. The summed E-state index contributed by atoms with van der Waals surface area (Å²) >= 11 is 0. The second-order valence-corrected chi connectivity index (χ2v) is 5.91. The minimum atomic E-state index is 0. The van der Waals surface area contributed by atoms with E-state index in [1.165, 1.54) is 44.2 Å². The van der Waals surface area contributed by atoms with Crippen molar-refractivity contribution in [2.45, 2.75) is 38.6 Å². The maximum absolute atomic E-state index is 4.26. The molecule has 0 bridgehead atoms. The van der Waals surface area contributed by atoms with Crippen LogP contribution in [0.15, 0.2) is 35.3 Å². The number of unbranched alkanes of at least 4 members (excludes halogenated alkanes) is 4. The number of nitrogens with zero attached hydrogens (tertiary/aromatic N) is 2. The van der Waals surface area contributed by atoms with Crippen LogP contribution in [0.4, 0.5) is 0 Å². The molecule has 5 heteroatoms. The van der Waals surface area contributed by atoms with Gasteiger partial charge in [0.15, 0.2) is 5.96 Å². The van der Waals surface area contributed by atoms with E-state index in [0.29, 0.717) is 0 Å². The number of aliphatic imine (C=N–C) groups is 1. The van der Waals surface area contributed by atoms with Crippen LogP contribution in [0.5, 0.6) is 0 Å². The lowest BCUT2D eigenvalue weighted by Crippen LogP contribution is -2.37. The summed E-state index contributed by atoms with van der Waals surface area (Å²) in [6.45, 7) is 3.00. The first-order valence-electron chi connectivity index (χ1n) is 8.35. The average molecular weight is 432 g/mol. The molecule has 0 aromatic heterocycles. The van der Waals surface area contributed by atoms with Gasteiger partial charge in [-0.2, -0.15) is 0 Å². The van der Waals surface area contributed by atoms with Gasteiger partial charge in [-0.1, -0.05) is 49.6 Å². The molecule has 0 atom stereocenters. The van der Waals surface area contributed by atoms with E-state index in [9.17, 15) is 0 Å². The molecule has 0 aliphatic rings. The number of nitrogens with one attached hydrogen (secondary N) is 2. The molecule has 0 spiro atoms. The molecule has 0 heterocycles. The Kier molecular flexibility index (Phi) is 14.2. The standard InChI is InChI=1S/C18H32N4.HI/c1-19-18(21-16-17-12-8-7-9-13-17)20-14-10-5-4-6-11-15-22(2)3;/h7-9,12-13H,4-6,10-11,14-16H2,1-3H3,(H2,19,20,21);1H. The molecule has 1 aromatic carbocycles. The molecule has 23 heavy (non-hydrogen) atoms. The lowest BCUT2D eigenvalue weighted by atomic mass is 10.1. The Balaban J connectivity index is 0.00000484. The third kappa shape index (κ3) is 12.3. The van der Waals surface area contributed by atoms with Crippen LogP contribution in [0.1, 0.15) is 37.7 Å². The van der Waals surface area contributed by atoms with Gasteiger partial charge in [-0.15, -0.1) is 24.0 Å². The van der Waals surface area contributed by atoms with Gasteiger partial charge in [0.2, 0.25) is 0 Å². The summed E-state index contributed by atoms with van der Waals surface area (Å²) in [5, 5.41) is 6.72. The topological polar surface area (TPSA) is 39.7 Å². The summed E-state index contributed by atoms with van der Waals surface area (Å²) in [4.78, 5) is 6.51. The molecule has 2 N–H and O–H groups in total. The molecule has 0 aliphatic carbocycles. The first-order valence-corrected chi connectivity index (χ1v) is 8.35. The van der Waals surface area contributed by atoms with Crippen molar-refractivity contribution >= 4 is 29.9 Å². The molecule has 0 aliphatic heterocycles. The smallest absolute Gasteiger partial charge is 0.191 e. The van der Waals surface area contributed by atoms with Crippen molar-refractivity contribution in [1.29, 1.82) is 0 Å². The van der Waals surface area contributed by atoms with E-state index in [2.05, 4.69) is 58.9 Å². The summed E-state index contributed by atoms with van der Waals surface area (Å²) in [7, 11) is 6.09. The van der Waals surface area contributed by atoms with E-state index in [4.69, 9.17) is 0 Å². The van der Waals surface area contributed by atoms with Gasteiger partial charge in [-0.25, -0.2) is 0 Å².